The maximum Gasteiger partial charge on any atom is 0.329 e. The smallest absolute Gasteiger partial charge is 0.329 e. The molecule has 2 fully saturated rings. The van der Waals surface area contributed by atoms with E-state index in [2.05, 4.69) is 4.98 Å². The molecule has 5 rings (SSSR count). The lowest BCUT2D eigenvalue weighted by Crippen LogP contribution is -2.47. The van der Waals surface area contributed by atoms with Crippen LogP contribution in [0.15, 0.2) is 21.7 Å². The first kappa shape index (κ1) is 20.2. The molecule has 1 aliphatic heterocycles. The van der Waals surface area contributed by atoms with Gasteiger partial charge in [-0.3, -0.25) is 14.3 Å². The Morgan fingerprint density at radius 3 is 2.61 bits per heavy atom. The number of nitrogen functional groups attached to an aromatic ring is 1. The topological polar surface area (TPSA) is 110 Å². The summed E-state index contributed by atoms with van der Waals surface area (Å²) in [7, 11) is 0. The van der Waals surface area contributed by atoms with Crippen molar-refractivity contribution >= 4 is 22.3 Å². The van der Waals surface area contributed by atoms with E-state index in [-0.39, 0.29) is 35.3 Å². The van der Waals surface area contributed by atoms with Crippen LogP contribution in [0.1, 0.15) is 30.9 Å². The second-order valence-corrected chi connectivity index (χ2v) is 8.94. The fourth-order valence-corrected chi connectivity index (χ4v) is 5.21. The van der Waals surface area contributed by atoms with Gasteiger partial charge >= 0.3 is 5.69 Å². The number of aryl methyl sites for hydroxylation is 1. The number of aromatic nitrogens is 2. The molecule has 0 spiro atoms. The van der Waals surface area contributed by atoms with Crippen LogP contribution in [-0.2, 0) is 0 Å². The summed E-state index contributed by atoms with van der Waals surface area (Å²) in [6.45, 7) is 2.06. The number of aromatic amines is 1. The van der Waals surface area contributed by atoms with Crippen molar-refractivity contribution in [2.24, 2.45) is 17.6 Å². The SMILES string of the molecule is Cc1c(N2CC3C=CCC(F)(F)C(N)C3C2)c(F)c(N)c2c(=O)[nH]c(=O)n(C3CC3)c12. The second kappa shape index (κ2) is 6.62. The fourth-order valence-electron chi connectivity index (χ4n) is 5.21. The summed E-state index contributed by atoms with van der Waals surface area (Å²) in [6.07, 6.45) is 4.31. The molecule has 3 atom stereocenters. The molecule has 0 radical (unpaired) electrons. The molecule has 2 heterocycles. The number of allylic oxidation sites excluding steroid dienone is 1. The van der Waals surface area contributed by atoms with E-state index in [1.165, 1.54) is 10.6 Å². The molecular weight excluding hydrogens is 411 g/mol. The van der Waals surface area contributed by atoms with Gasteiger partial charge in [0.05, 0.1) is 28.3 Å². The standard InChI is InChI=1S/C21H24F3N5O2/c1-9-16-13(19(30)27-20(31)29(16)11-4-5-11)15(25)14(22)17(9)28-7-10-3-2-6-21(23,24)18(26)12(10)8-28/h2-3,10-12,18H,4-8,25-26H2,1H3,(H,27,30,31). The number of nitrogens with one attached hydrogen (secondary N) is 1. The molecule has 166 valence electrons. The molecule has 10 heteroatoms. The summed E-state index contributed by atoms with van der Waals surface area (Å²) >= 11 is 0. The third-order valence-corrected chi connectivity index (χ3v) is 6.93. The summed E-state index contributed by atoms with van der Waals surface area (Å²) in [5.74, 6) is -4.64. The van der Waals surface area contributed by atoms with E-state index in [9.17, 15) is 18.4 Å². The molecule has 2 aliphatic carbocycles. The van der Waals surface area contributed by atoms with Gasteiger partial charge in [0, 0.05) is 43.0 Å². The highest BCUT2D eigenvalue weighted by atomic mass is 19.3. The maximum absolute atomic E-state index is 15.5. The van der Waals surface area contributed by atoms with Crippen LogP contribution in [-0.4, -0.2) is 34.6 Å². The Morgan fingerprint density at radius 2 is 1.94 bits per heavy atom. The quantitative estimate of drug-likeness (QED) is 0.494. The van der Waals surface area contributed by atoms with Crippen LogP contribution >= 0.6 is 0 Å². The van der Waals surface area contributed by atoms with Gasteiger partial charge in [-0.05, 0) is 19.8 Å². The Hall–Kier alpha value is -2.75. The Labute approximate surface area is 175 Å². The number of anilines is 2. The highest BCUT2D eigenvalue weighted by Gasteiger charge is 2.48. The minimum Gasteiger partial charge on any atom is -0.396 e. The number of rotatable bonds is 2. The number of nitrogens with zero attached hydrogens (tertiary/aromatic N) is 2. The first-order valence-electron chi connectivity index (χ1n) is 10.4. The predicted molar refractivity (Wildman–Crippen MR) is 112 cm³/mol. The molecule has 1 aromatic heterocycles. The Balaban J connectivity index is 1.69. The molecule has 1 aromatic carbocycles. The van der Waals surface area contributed by atoms with Crippen molar-refractivity contribution < 1.29 is 13.2 Å². The van der Waals surface area contributed by atoms with E-state index < -0.39 is 41.4 Å². The van der Waals surface area contributed by atoms with Crippen LogP contribution < -0.4 is 27.6 Å². The maximum atomic E-state index is 15.5. The van der Waals surface area contributed by atoms with Crippen molar-refractivity contribution in [2.45, 2.75) is 44.2 Å². The molecular formula is C21H24F3N5O2. The normalized spacial score (nSPS) is 27.5. The van der Waals surface area contributed by atoms with Crippen LogP contribution in [0.2, 0.25) is 0 Å². The lowest BCUT2D eigenvalue weighted by Gasteiger charge is -2.28. The van der Waals surface area contributed by atoms with Crippen molar-refractivity contribution in [3.63, 3.8) is 0 Å². The highest BCUT2D eigenvalue weighted by molar-refractivity contribution is 5.97. The van der Waals surface area contributed by atoms with E-state index in [4.69, 9.17) is 11.5 Å². The number of halogens is 3. The lowest BCUT2D eigenvalue weighted by molar-refractivity contribution is -0.0376. The number of fused-ring (bicyclic) bond motifs is 2. The van der Waals surface area contributed by atoms with Gasteiger partial charge in [0.2, 0.25) is 0 Å². The van der Waals surface area contributed by atoms with Gasteiger partial charge in [-0.15, -0.1) is 0 Å². The molecule has 1 saturated heterocycles. The van der Waals surface area contributed by atoms with Crippen LogP contribution in [0.5, 0.6) is 0 Å². The van der Waals surface area contributed by atoms with Crippen molar-refractivity contribution in [3.05, 3.63) is 44.4 Å². The van der Waals surface area contributed by atoms with Crippen molar-refractivity contribution in [3.8, 4) is 0 Å². The van der Waals surface area contributed by atoms with E-state index in [0.717, 1.165) is 12.8 Å². The monoisotopic (exact) mass is 435 g/mol. The van der Waals surface area contributed by atoms with Crippen molar-refractivity contribution in [1.29, 1.82) is 0 Å². The van der Waals surface area contributed by atoms with Gasteiger partial charge in [0.1, 0.15) is 0 Å². The third kappa shape index (κ3) is 2.91. The Morgan fingerprint density at radius 1 is 1.23 bits per heavy atom. The van der Waals surface area contributed by atoms with Gasteiger partial charge in [0.15, 0.2) is 5.82 Å². The average molecular weight is 435 g/mol. The number of hydrogen-bond donors (Lipinski definition) is 3. The summed E-state index contributed by atoms with van der Waals surface area (Å²) in [6, 6.07) is -1.44. The van der Waals surface area contributed by atoms with E-state index >= 15 is 4.39 Å². The van der Waals surface area contributed by atoms with E-state index in [1.54, 1.807) is 17.9 Å². The first-order chi connectivity index (χ1) is 14.6. The summed E-state index contributed by atoms with van der Waals surface area (Å²) in [5, 5.41) is -0.0539. The summed E-state index contributed by atoms with van der Waals surface area (Å²) in [4.78, 5) is 28.9. The molecule has 7 nitrogen and oxygen atoms in total. The molecule has 0 amide bonds. The van der Waals surface area contributed by atoms with Crippen molar-refractivity contribution in [1.82, 2.24) is 9.55 Å². The number of H-pyrrole nitrogens is 1. The Kier molecular flexibility index (Phi) is 4.31. The van der Waals surface area contributed by atoms with Gasteiger partial charge < -0.3 is 16.4 Å². The second-order valence-electron chi connectivity index (χ2n) is 8.94. The number of hydrogen-bond acceptors (Lipinski definition) is 5. The number of benzene rings is 1. The van der Waals surface area contributed by atoms with Crippen LogP contribution in [0.4, 0.5) is 24.5 Å². The molecule has 0 bridgehead atoms. The van der Waals surface area contributed by atoms with Gasteiger partial charge in [-0.1, -0.05) is 12.2 Å². The largest absolute Gasteiger partial charge is 0.396 e. The third-order valence-electron chi connectivity index (χ3n) is 6.93. The van der Waals surface area contributed by atoms with Crippen LogP contribution in [0.25, 0.3) is 10.9 Å². The molecule has 31 heavy (non-hydrogen) atoms. The Bertz CT molecular complexity index is 1230. The van der Waals surface area contributed by atoms with Gasteiger partial charge in [-0.25, -0.2) is 18.0 Å². The van der Waals surface area contributed by atoms with Gasteiger partial charge in [0.25, 0.3) is 11.5 Å². The van der Waals surface area contributed by atoms with Crippen molar-refractivity contribution in [2.75, 3.05) is 23.7 Å². The number of nitrogens with two attached hydrogens (primary N) is 2. The minimum absolute atomic E-state index is 0.0539. The molecule has 1 saturated carbocycles. The zero-order valence-corrected chi connectivity index (χ0v) is 17.0. The van der Waals surface area contributed by atoms with E-state index in [1.807, 2.05) is 0 Å². The molecule has 5 N–H and O–H groups in total. The zero-order valence-electron chi connectivity index (χ0n) is 17.0. The predicted octanol–water partition coefficient (Wildman–Crippen LogP) is 2.03. The minimum atomic E-state index is -3.04. The van der Waals surface area contributed by atoms with Crippen LogP contribution in [0.3, 0.4) is 0 Å². The average Bonchev–Trinajstić information content (AvgIpc) is 3.46. The number of alkyl halides is 2. The fraction of sp³-hybridized carbons (Fsp3) is 0.524. The highest BCUT2D eigenvalue weighted by Crippen LogP contribution is 2.44. The lowest BCUT2D eigenvalue weighted by atomic mass is 9.88. The summed E-state index contributed by atoms with van der Waals surface area (Å²) < 4.78 is 45.6. The molecule has 3 aliphatic rings. The first-order valence-corrected chi connectivity index (χ1v) is 10.4. The molecule has 3 unspecified atom stereocenters. The van der Waals surface area contributed by atoms with E-state index in [0.29, 0.717) is 17.6 Å². The molecule has 2 aromatic rings. The summed E-state index contributed by atoms with van der Waals surface area (Å²) in [5.41, 5.74) is 11.2. The van der Waals surface area contributed by atoms with Gasteiger partial charge in [-0.2, -0.15) is 0 Å². The zero-order chi connectivity index (χ0) is 22.2. The van der Waals surface area contributed by atoms with Crippen LogP contribution in [0, 0.1) is 24.6 Å².